The van der Waals surface area contributed by atoms with Gasteiger partial charge in [-0.1, -0.05) is 24.3 Å². The Kier molecular flexibility index (Phi) is 9.07. The average Bonchev–Trinajstić information content (AvgIpc) is 2.75. The first-order chi connectivity index (χ1) is 14.6. The van der Waals surface area contributed by atoms with Gasteiger partial charge in [0.05, 0.1) is 35.9 Å². The lowest BCUT2D eigenvalue weighted by Gasteiger charge is -2.27. The van der Waals surface area contributed by atoms with E-state index in [1.165, 1.54) is 0 Å². The van der Waals surface area contributed by atoms with Gasteiger partial charge in [0.2, 0.25) is 0 Å². The Morgan fingerprint density at radius 2 is 1.42 bits per heavy atom. The van der Waals surface area contributed by atoms with Crippen LogP contribution < -0.4 is 14.2 Å². The van der Waals surface area contributed by atoms with Crippen molar-refractivity contribution in [3.8, 4) is 11.5 Å². The van der Waals surface area contributed by atoms with Crippen LogP contribution in [0.15, 0.2) is 48.5 Å². The van der Waals surface area contributed by atoms with Gasteiger partial charge in [-0.05, 0) is 69.5 Å². The predicted octanol–water partition coefficient (Wildman–Crippen LogP) is 4.05. The number of methoxy groups -OCH3 is 2. The third-order valence-electron chi connectivity index (χ3n) is 4.91. The Morgan fingerprint density at radius 1 is 0.935 bits per heavy atom. The molecule has 0 saturated heterocycles. The fraction of sp³-hybridized carbons (Fsp3) is 0.458. The van der Waals surface area contributed by atoms with Gasteiger partial charge in [-0.3, -0.25) is 4.79 Å². The molecule has 1 N–H and O–H groups in total. The standard InChI is InChI=1S/C24H33NO5S/c1-17(25-31(27)24(2,3)4)22(15-18-7-11-20(28-5)12-8-18)23(26)30-16-19-9-13-21(29-6)14-10-19/h7-14,17,22,25H,15-16H2,1-6H3/t17-,22+,31?/m1/s1. The molecule has 170 valence electrons. The molecule has 1 unspecified atom stereocenters. The first-order valence-corrected chi connectivity index (χ1v) is 11.4. The van der Waals surface area contributed by atoms with E-state index in [-0.39, 0.29) is 18.6 Å². The van der Waals surface area contributed by atoms with Crippen LogP contribution in [0.2, 0.25) is 0 Å². The SMILES string of the molecule is COc1ccc(COC(=O)[C@@H](Cc2ccc(OC)cc2)[C@@H](C)NS(=O)C(C)(C)C)cc1. The van der Waals surface area contributed by atoms with Gasteiger partial charge in [-0.15, -0.1) is 0 Å². The largest absolute Gasteiger partial charge is 0.497 e. The lowest BCUT2D eigenvalue weighted by molar-refractivity contribution is -0.150. The summed E-state index contributed by atoms with van der Waals surface area (Å²) in [4.78, 5) is 13.0. The monoisotopic (exact) mass is 447 g/mol. The van der Waals surface area contributed by atoms with E-state index in [2.05, 4.69) is 4.72 Å². The van der Waals surface area contributed by atoms with Crippen molar-refractivity contribution in [1.29, 1.82) is 0 Å². The number of benzene rings is 2. The molecule has 3 atom stereocenters. The molecule has 0 heterocycles. The first kappa shape index (κ1) is 24.9. The smallest absolute Gasteiger partial charge is 0.311 e. The van der Waals surface area contributed by atoms with Gasteiger partial charge in [-0.2, -0.15) is 0 Å². The molecule has 0 aliphatic rings. The fourth-order valence-electron chi connectivity index (χ4n) is 2.89. The number of carbonyl (C=O) groups is 1. The minimum absolute atomic E-state index is 0.164. The molecule has 0 spiro atoms. The number of hydrogen-bond donors (Lipinski definition) is 1. The topological polar surface area (TPSA) is 73.9 Å². The van der Waals surface area contributed by atoms with Gasteiger partial charge in [0.25, 0.3) is 0 Å². The second kappa shape index (κ2) is 11.3. The Labute approximate surface area is 187 Å². The quantitative estimate of drug-likeness (QED) is 0.557. The summed E-state index contributed by atoms with van der Waals surface area (Å²) in [5, 5.41) is 0. The predicted molar refractivity (Wildman–Crippen MR) is 123 cm³/mol. The highest BCUT2D eigenvalue weighted by atomic mass is 32.2. The number of esters is 1. The molecular weight excluding hydrogens is 414 g/mol. The molecule has 0 radical (unpaired) electrons. The van der Waals surface area contributed by atoms with Crippen LogP contribution in [0.5, 0.6) is 11.5 Å². The van der Waals surface area contributed by atoms with Crippen molar-refractivity contribution in [2.45, 2.75) is 51.5 Å². The molecule has 0 saturated carbocycles. The molecule has 2 aromatic rings. The summed E-state index contributed by atoms with van der Waals surface area (Å²) >= 11 is 0. The van der Waals surface area contributed by atoms with Crippen LogP contribution in [-0.2, 0) is 33.5 Å². The molecule has 2 aromatic carbocycles. The number of carbonyl (C=O) groups excluding carboxylic acids is 1. The van der Waals surface area contributed by atoms with Crippen molar-refractivity contribution in [2.75, 3.05) is 14.2 Å². The van der Waals surface area contributed by atoms with E-state index in [1.807, 2.05) is 76.2 Å². The van der Waals surface area contributed by atoms with Gasteiger partial charge in [-0.25, -0.2) is 8.93 Å². The van der Waals surface area contributed by atoms with Crippen LogP contribution in [0, 0.1) is 5.92 Å². The summed E-state index contributed by atoms with van der Waals surface area (Å²) in [5.41, 5.74) is 1.85. The molecular formula is C24H33NO5S. The molecule has 31 heavy (non-hydrogen) atoms. The number of nitrogens with one attached hydrogen (secondary N) is 1. The molecule has 0 aliphatic carbocycles. The normalized spacial score (nSPS) is 14.4. The second-order valence-electron chi connectivity index (χ2n) is 8.40. The van der Waals surface area contributed by atoms with Crippen LogP contribution in [0.3, 0.4) is 0 Å². The van der Waals surface area contributed by atoms with Crippen molar-refractivity contribution in [3.05, 3.63) is 59.7 Å². The maximum atomic E-state index is 13.0. The van der Waals surface area contributed by atoms with Gasteiger partial charge in [0.15, 0.2) is 0 Å². The molecule has 2 rings (SSSR count). The maximum absolute atomic E-state index is 13.0. The van der Waals surface area contributed by atoms with Crippen LogP contribution in [-0.4, -0.2) is 35.2 Å². The van der Waals surface area contributed by atoms with Crippen molar-refractivity contribution in [2.24, 2.45) is 5.92 Å². The van der Waals surface area contributed by atoms with Crippen LogP contribution in [0.1, 0.15) is 38.8 Å². The summed E-state index contributed by atoms with van der Waals surface area (Å²) in [6.07, 6.45) is 0.459. The zero-order chi connectivity index (χ0) is 23.0. The maximum Gasteiger partial charge on any atom is 0.311 e. The Bertz CT molecular complexity index is 859. The third-order valence-corrected chi connectivity index (χ3v) is 6.61. The highest BCUT2D eigenvalue weighted by Gasteiger charge is 2.31. The third kappa shape index (κ3) is 7.67. The van der Waals surface area contributed by atoms with Crippen LogP contribution in [0.4, 0.5) is 0 Å². The van der Waals surface area contributed by atoms with Gasteiger partial charge >= 0.3 is 5.97 Å². The van der Waals surface area contributed by atoms with E-state index in [4.69, 9.17) is 14.2 Å². The van der Waals surface area contributed by atoms with E-state index in [1.54, 1.807) is 14.2 Å². The number of ether oxygens (including phenoxy) is 3. The van der Waals surface area contributed by atoms with Gasteiger partial charge < -0.3 is 14.2 Å². The average molecular weight is 448 g/mol. The van der Waals surface area contributed by atoms with Gasteiger partial charge in [0.1, 0.15) is 18.1 Å². The highest BCUT2D eigenvalue weighted by molar-refractivity contribution is 7.84. The minimum atomic E-state index is -1.30. The van der Waals surface area contributed by atoms with E-state index >= 15 is 0 Å². The molecule has 7 heteroatoms. The summed E-state index contributed by atoms with van der Waals surface area (Å²) in [6.45, 7) is 7.71. The zero-order valence-electron chi connectivity index (χ0n) is 19.1. The molecule has 6 nitrogen and oxygen atoms in total. The second-order valence-corrected chi connectivity index (χ2v) is 10.4. The van der Waals surface area contributed by atoms with E-state index < -0.39 is 21.7 Å². The molecule has 0 aromatic heterocycles. The van der Waals surface area contributed by atoms with Crippen molar-refractivity contribution in [1.82, 2.24) is 4.72 Å². The first-order valence-electron chi connectivity index (χ1n) is 10.2. The minimum Gasteiger partial charge on any atom is -0.497 e. The summed E-state index contributed by atoms with van der Waals surface area (Å²) in [7, 11) is 1.92. The van der Waals surface area contributed by atoms with Crippen LogP contribution >= 0.6 is 0 Å². The molecule has 0 bridgehead atoms. The molecule has 0 aliphatic heterocycles. The molecule has 0 fully saturated rings. The zero-order valence-corrected chi connectivity index (χ0v) is 20.0. The summed E-state index contributed by atoms with van der Waals surface area (Å²) < 4.78 is 31.2. The molecule has 0 amide bonds. The highest BCUT2D eigenvalue weighted by Crippen LogP contribution is 2.21. The number of hydrogen-bond acceptors (Lipinski definition) is 5. The van der Waals surface area contributed by atoms with Crippen molar-refractivity contribution >= 4 is 17.0 Å². The van der Waals surface area contributed by atoms with E-state index in [0.717, 1.165) is 22.6 Å². The van der Waals surface area contributed by atoms with Crippen molar-refractivity contribution < 1.29 is 23.2 Å². The fourth-order valence-corrected chi connectivity index (χ4v) is 3.75. The van der Waals surface area contributed by atoms with Crippen molar-refractivity contribution in [3.63, 3.8) is 0 Å². The van der Waals surface area contributed by atoms with E-state index in [9.17, 15) is 9.00 Å². The lowest BCUT2D eigenvalue weighted by Crippen LogP contribution is -2.45. The number of rotatable bonds is 10. The Balaban J connectivity index is 2.13. The summed E-state index contributed by atoms with van der Waals surface area (Å²) in [5.74, 6) is 0.660. The summed E-state index contributed by atoms with van der Waals surface area (Å²) in [6, 6.07) is 14.6. The lowest BCUT2D eigenvalue weighted by atomic mass is 9.93. The Hall–Kier alpha value is -2.38. The van der Waals surface area contributed by atoms with E-state index in [0.29, 0.717) is 6.42 Å². The van der Waals surface area contributed by atoms with Gasteiger partial charge in [0, 0.05) is 6.04 Å². The Morgan fingerprint density at radius 3 is 1.87 bits per heavy atom. The van der Waals surface area contributed by atoms with Crippen LogP contribution in [0.25, 0.3) is 0 Å².